The van der Waals surface area contributed by atoms with Crippen molar-refractivity contribution in [3.63, 3.8) is 0 Å². The summed E-state index contributed by atoms with van der Waals surface area (Å²) < 4.78 is 25.7. The number of thiophene rings is 1. The second kappa shape index (κ2) is 5.81. The summed E-state index contributed by atoms with van der Waals surface area (Å²) in [5.74, 6) is -1.09. The van der Waals surface area contributed by atoms with Gasteiger partial charge in [-0.15, -0.1) is 11.3 Å². The molecule has 1 aromatic rings. The number of aryl methyl sites for hydroxylation is 1. The third-order valence-electron chi connectivity index (χ3n) is 2.58. The Labute approximate surface area is 111 Å². The molecule has 1 N–H and O–H groups in total. The molecule has 0 saturated heterocycles. The van der Waals surface area contributed by atoms with E-state index in [2.05, 4.69) is 0 Å². The molecular weight excluding hydrogens is 274 g/mol. The van der Waals surface area contributed by atoms with Crippen molar-refractivity contribution < 1.29 is 18.3 Å². The average Bonchev–Trinajstić information content (AvgIpc) is 2.68. The second-order valence-corrected chi connectivity index (χ2v) is 7.39. The normalized spacial score (nSPS) is 12.0. The van der Waals surface area contributed by atoms with Gasteiger partial charge in [-0.25, -0.2) is 17.5 Å². The number of aromatic carboxylic acids is 1. The molecule has 0 bridgehead atoms. The van der Waals surface area contributed by atoms with Crippen LogP contribution in [0.5, 0.6) is 0 Å². The first-order valence-corrected chi connectivity index (χ1v) is 7.86. The molecule has 0 saturated carbocycles. The molecule has 102 valence electrons. The van der Waals surface area contributed by atoms with Gasteiger partial charge < -0.3 is 5.11 Å². The van der Waals surface area contributed by atoms with Crippen LogP contribution in [0.1, 0.15) is 35.0 Å². The van der Waals surface area contributed by atoms with Crippen molar-refractivity contribution >= 4 is 27.3 Å². The number of sulfonamides is 1. The van der Waals surface area contributed by atoms with E-state index in [0.29, 0.717) is 12.1 Å². The molecule has 0 unspecified atom stereocenters. The zero-order valence-electron chi connectivity index (χ0n) is 10.6. The lowest BCUT2D eigenvalue weighted by atomic mass is 10.3. The van der Waals surface area contributed by atoms with Gasteiger partial charge in [-0.3, -0.25) is 0 Å². The van der Waals surface area contributed by atoms with Gasteiger partial charge in [0.1, 0.15) is 9.09 Å². The van der Waals surface area contributed by atoms with Crippen molar-refractivity contribution in [3.05, 3.63) is 16.5 Å². The molecule has 1 heterocycles. The van der Waals surface area contributed by atoms with Crippen LogP contribution in [0.15, 0.2) is 10.3 Å². The Balaban J connectivity index is 3.05. The van der Waals surface area contributed by atoms with Gasteiger partial charge in [-0.05, 0) is 25.0 Å². The molecule has 7 heteroatoms. The molecule has 0 aliphatic carbocycles. The van der Waals surface area contributed by atoms with E-state index >= 15 is 0 Å². The van der Waals surface area contributed by atoms with Gasteiger partial charge in [-0.2, -0.15) is 0 Å². The Morgan fingerprint density at radius 2 is 2.11 bits per heavy atom. The van der Waals surface area contributed by atoms with Crippen molar-refractivity contribution in [2.75, 3.05) is 13.6 Å². The predicted molar refractivity (Wildman–Crippen MR) is 70.7 cm³/mol. The molecule has 5 nitrogen and oxygen atoms in total. The quantitative estimate of drug-likeness (QED) is 0.871. The summed E-state index contributed by atoms with van der Waals surface area (Å²) >= 11 is 0.807. The molecule has 0 aromatic carbocycles. The lowest BCUT2D eigenvalue weighted by molar-refractivity contribution is 0.0701. The molecule has 0 aliphatic rings. The van der Waals surface area contributed by atoms with E-state index in [4.69, 9.17) is 5.11 Å². The number of carboxylic acid groups (broad SMARTS) is 1. The second-order valence-electron chi connectivity index (χ2n) is 4.06. The minimum absolute atomic E-state index is 0.0810. The summed E-state index contributed by atoms with van der Waals surface area (Å²) in [6.07, 6.45) is 1.69. The first-order valence-electron chi connectivity index (χ1n) is 5.60. The molecule has 1 rings (SSSR count). The number of hydrogen-bond donors (Lipinski definition) is 1. The highest BCUT2D eigenvalue weighted by atomic mass is 32.2. The first kappa shape index (κ1) is 15.1. The van der Waals surface area contributed by atoms with Gasteiger partial charge in [-0.1, -0.05) is 13.3 Å². The van der Waals surface area contributed by atoms with Crippen molar-refractivity contribution in [2.45, 2.75) is 30.9 Å². The van der Waals surface area contributed by atoms with Crippen LogP contribution in [0.2, 0.25) is 0 Å². The lowest BCUT2D eigenvalue weighted by Gasteiger charge is -2.15. The van der Waals surface area contributed by atoms with E-state index in [1.54, 1.807) is 6.92 Å². The number of rotatable bonds is 6. The van der Waals surface area contributed by atoms with Crippen molar-refractivity contribution in [1.29, 1.82) is 0 Å². The third kappa shape index (κ3) is 3.09. The fourth-order valence-corrected chi connectivity index (χ4v) is 4.25. The number of carbonyl (C=O) groups is 1. The van der Waals surface area contributed by atoms with E-state index < -0.39 is 16.0 Å². The number of hydrogen-bond acceptors (Lipinski definition) is 4. The van der Waals surface area contributed by atoms with Gasteiger partial charge in [0, 0.05) is 13.6 Å². The minimum Gasteiger partial charge on any atom is -0.477 e. The van der Waals surface area contributed by atoms with Crippen molar-refractivity contribution in [1.82, 2.24) is 4.31 Å². The highest BCUT2D eigenvalue weighted by Gasteiger charge is 2.25. The predicted octanol–water partition coefficient (Wildman–Crippen LogP) is 2.18. The van der Waals surface area contributed by atoms with Gasteiger partial charge in [0.25, 0.3) is 10.0 Å². The van der Waals surface area contributed by atoms with Crippen LogP contribution in [-0.2, 0) is 10.0 Å². The smallest absolute Gasteiger partial charge is 0.346 e. The molecule has 0 atom stereocenters. The lowest BCUT2D eigenvalue weighted by Crippen LogP contribution is -2.27. The molecule has 0 amide bonds. The molecular formula is C11H17NO4S2. The zero-order chi connectivity index (χ0) is 13.9. The third-order valence-corrected chi connectivity index (χ3v) is 6.11. The standard InChI is InChI=1S/C11H17NO4S2/c1-4-5-6-12(3)18(15,16)9-7-8(2)10(17-9)11(13)14/h7H,4-6H2,1-3H3,(H,13,14). The summed E-state index contributed by atoms with van der Waals surface area (Å²) in [5.41, 5.74) is 0.481. The summed E-state index contributed by atoms with van der Waals surface area (Å²) in [6, 6.07) is 1.42. The maximum atomic E-state index is 12.2. The fraction of sp³-hybridized carbons (Fsp3) is 0.545. The van der Waals surface area contributed by atoms with Crippen LogP contribution in [0.25, 0.3) is 0 Å². The highest BCUT2D eigenvalue weighted by Crippen LogP contribution is 2.28. The fourth-order valence-electron chi connectivity index (χ4n) is 1.45. The summed E-state index contributed by atoms with van der Waals surface area (Å²) in [6.45, 7) is 4.03. The van der Waals surface area contributed by atoms with Gasteiger partial charge >= 0.3 is 5.97 Å². The molecule has 18 heavy (non-hydrogen) atoms. The Morgan fingerprint density at radius 3 is 2.56 bits per heavy atom. The van der Waals surface area contributed by atoms with E-state index in [1.807, 2.05) is 6.92 Å². The monoisotopic (exact) mass is 291 g/mol. The average molecular weight is 291 g/mol. The number of carboxylic acids is 1. The van der Waals surface area contributed by atoms with Gasteiger partial charge in [0.05, 0.1) is 0 Å². The van der Waals surface area contributed by atoms with Crippen molar-refractivity contribution in [2.24, 2.45) is 0 Å². The SMILES string of the molecule is CCCCN(C)S(=O)(=O)c1cc(C)c(C(=O)O)s1. The minimum atomic E-state index is -3.56. The molecule has 0 fully saturated rings. The molecule has 1 aromatic heterocycles. The van der Waals surface area contributed by atoms with Gasteiger partial charge in [0.15, 0.2) is 0 Å². The Morgan fingerprint density at radius 1 is 1.50 bits per heavy atom. The topological polar surface area (TPSA) is 74.7 Å². The Bertz CT molecular complexity index is 533. The van der Waals surface area contributed by atoms with E-state index in [9.17, 15) is 13.2 Å². The van der Waals surface area contributed by atoms with Crippen LogP contribution < -0.4 is 0 Å². The maximum Gasteiger partial charge on any atom is 0.346 e. The zero-order valence-corrected chi connectivity index (χ0v) is 12.3. The van der Waals surface area contributed by atoms with Crippen LogP contribution in [0.4, 0.5) is 0 Å². The Kier molecular flexibility index (Phi) is 4.89. The van der Waals surface area contributed by atoms with Crippen LogP contribution >= 0.6 is 11.3 Å². The van der Waals surface area contributed by atoms with E-state index in [-0.39, 0.29) is 9.09 Å². The molecule has 0 aliphatic heterocycles. The maximum absolute atomic E-state index is 12.2. The van der Waals surface area contributed by atoms with Crippen molar-refractivity contribution in [3.8, 4) is 0 Å². The van der Waals surface area contributed by atoms with E-state index in [0.717, 1.165) is 24.2 Å². The number of nitrogens with zero attached hydrogens (tertiary/aromatic N) is 1. The summed E-state index contributed by atoms with van der Waals surface area (Å²) in [4.78, 5) is 11.0. The number of unbranched alkanes of at least 4 members (excludes halogenated alkanes) is 1. The largest absolute Gasteiger partial charge is 0.477 e. The molecule has 0 radical (unpaired) electrons. The van der Waals surface area contributed by atoms with Gasteiger partial charge in [0.2, 0.25) is 0 Å². The van der Waals surface area contributed by atoms with Crippen LogP contribution in [0.3, 0.4) is 0 Å². The summed E-state index contributed by atoms with van der Waals surface area (Å²) in [7, 11) is -2.04. The van der Waals surface area contributed by atoms with Crippen LogP contribution in [-0.4, -0.2) is 37.4 Å². The molecule has 0 spiro atoms. The first-order chi connectivity index (χ1) is 8.30. The van der Waals surface area contributed by atoms with Crippen LogP contribution in [0, 0.1) is 6.92 Å². The summed E-state index contributed by atoms with van der Waals surface area (Å²) in [5, 5.41) is 8.93. The Hall–Kier alpha value is -0.920. The highest BCUT2D eigenvalue weighted by molar-refractivity contribution is 7.91. The van der Waals surface area contributed by atoms with E-state index in [1.165, 1.54) is 17.4 Å².